The van der Waals surface area contributed by atoms with Crippen molar-refractivity contribution in [2.24, 2.45) is 0 Å². The fraction of sp³-hybridized carbons (Fsp3) is 0.385. The number of likely N-dealkylation sites (tertiary alicyclic amines) is 1. The lowest BCUT2D eigenvalue weighted by Crippen LogP contribution is -2.49. The molecule has 2 N–H and O–H groups in total. The first-order valence-electron chi connectivity index (χ1n) is 6.04. The molecule has 0 radical (unpaired) electrons. The number of carboxylic acid groups (broad SMARTS) is 1. The van der Waals surface area contributed by atoms with Crippen molar-refractivity contribution in [3.63, 3.8) is 0 Å². The molecule has 5 heteroatoms. The van der Waals surface area contributed by atoms with Gasteiger partial charge < -0.3 is 10.4 Å². The summed E-state index contributed by atoms with van der Waals surface area (Å²) >= 11 is 0. The first-order valence-corrected chi connectivity index (χ1v) is 6.04. The highest BCUT2D eigenvalue weighted by molar-refractivity contribution is 5.96. The highest BCUT2D eigenvalue weighted by Gasteiger charge is 2.31. The van der Waals surface area contributed by atoms with E-state index in [1.165, 1.54) is 4.90 Å². The van der Waals surface area contributed by atoms with Gasteiger partial charge in [-0.3, -0.25) is 9.69 Å². The maximum atomic E-state index is 12.1. The molecule has 0 bridgehead atoms. The number of nitrogens with zero attached hydrogens (tertiary/aromatic N) is 1. The lowest BCUT2D eigenvalue weighted by atomic mass is 10.0. The standard InChI is InChI=1S/C13H16N2O3/c16-12(14-10-6-2-1-3-7-10)11-8-4-5-9-15(11)13(17)18/h1-3,6-7,11H,4-5,8-9H2,(H,14,16)(H,17,18)/t11-/m0/s1. The molecule has 1 heterocycles. The fourth-order valence-electron chi connectivity index (χ4n) is 2.18. The van der Waals surface area contributed by atoms with E-state index in [1.807, 2.05) is 18.2 Å². The number of para-hydroxylation sites is 1. The van der Waals surface area contributed by atoms with Crippen molar-refractivity contribution >= 4 is 17.7 Å². The smallest absolute Gasteiger partial charge is 0.407 e. The summed E-state index contributed by atoms with van der Waals surface area (Å²) in [5.74, 6) is -0.247. The van der Waals surface area contributed by atoms with E-state index in [4.69, 9.17) is 5.11 Å². The van der Waals surface area contributed by atoms with Crippen molar-refractivity contribution in [1.82, 2.24) is 4.90 Å². The molecule has 1 aliphatic heterocycles. The molecule has 18 heavy (non-hydrogen) atoms. The molecule has 1 aromatic carbocycles. The van der Waals surface area contributed by atoms with Crippen LogP contribution >= 0.6 is 0 Å². The average molecular weight is 248 g/mol. The highest BCUT2D eigenvalue weighted by Crippen LogP contribution is 2.18. The van der Waals surface area contributed by atoms with Gasteiger partial charge in [0.25, 0.3) is 0 Å². The van der Waals surface area contributed by atoms with Gasteiger partial charge in [-0.1, -0.05) is 18.2 Å². The van der Waals surface area contributed by atoms with Crippen LogP contribution in [0.15, 0.2) is 30.3 Å². The Labute approximate surface area is 105 Å². The van der Waals surface area contributed by atoms with Gasteiger partial charge in [-0.15, -0.1) is 0 Å². The van der Waals surface area contributed by atoms with Crippen molar-refractivity contribution in [3.05, 3.63) is 30.3 Å². The number of hydrogen-bond acceptors (Lipinski definition) is 2. The minimum atomic E-state index is -1.03. The molecule has 1 aliphatic rings. The van der Waals surface area contributed by atoms with Gasteiger partial charge in [0.1, 0.15) is 6.04 Å². The molecular formula is C13H16N2O3. The van der Waals surface area contributed by atoms with E-state index in [2.05, 4.69) is 5.32 Å². The Bertz CT molecular complexity index is 433. The van der Waals surface area contributed by atoms with E-state index < -0.39 is 12.1 Å². The monoisotopic (exact) mass is 248 g/mol. The van der Waals surface area contributed by atoms with E-state index in [0.717, 1.165) is 12.8 Å². The lowest BCUT2D eigenvalue weighted by molar-refractivity contribution is -0.121. The van der Waals surface area contributed by atoms with Gasteiger partial charge in [-0.25, -0.2) is 4.79 Å². The van der Waals surface area contributed by atoms with Crippen LogP contribution in [0.5, 0.6) is 0 Å². The Morgan fingerprint density at radius 1 is 1.22 bits per heavy atom. The van der Waals surface area contributed by atoms with Crippen LogP contribution in [0.3, 0.4) is 0 Å². The van der Waals surface area contributed by atoms with Crippen LogP contribution in [0.25, 0.3) is 0 Å². The van der Waals surface area contributed by atoms with E-state index in [1.54, 1.807) is 12.1 Å². The van der Waals surface area contributed by atoms with Gasteiger partial charge in [-0.05, 0) is 31.4 Å². The second kappa shape index (κ2) is 5.53. The summed E-state index contributed by atoms with van der Waals surface area (Å²) in [6.07, 6.45) is 1.27. The molecule has 96 valence electrons. The summed E-state index contributed by atoms with van der Waals surface area (Å²) in [6, 6.07) is 8.51. The van der Waals surface area contributed by atoms with Gasteiger partial charge in [0, 0.05) is 12.2 Å². The van der Waals surface area contributed by atoms with E-state index in [9.17, 15) is 9.59 Å². The summed E-state index contributed by atoms with van der Waals surface area (Å²) in [5, 5.41) is 11.8. The number of rotatable bonds is 2. The van der Waals surface area contributed by atoms with Gasteiger partial charge in [-0.2, -0.15) is 0 Å². The summed E-state index contributed by atoms with van der Waals surface area (Å²) in [7, 11) is 0. The third-order valence-electron chi connectivity index (χ3n) is 3.09. The van der Waals surface area contributed by atoms with E-state index in [0.29, 0.717) is 18.7 Å². The van der Waals surface area contributed by atoms with Gasteiger partial charge >= 0.3 is 6.09 Å². The molecule has 0 saturated carbocycles. The van der Waals surface area contributed by atoms with Gasteiger partial charge in [0.2, 0.25) is 5.91 Å². The topological polar surface area (TPSA) is 69.6 Å². The maximum Gasteiger partial charge on any atom is 0.407 e. The number of anilines is 1. The Kier molecular flexibility index (Phi) is 3.82. The SMILES string of the molecule is O=C(Nc1ccccc1)[C@@H]1CCCCN1C(=O)O. The second-order valence-electron chi connectivity index (χ2n) is 4.34. The minimum absolute atomic E-state index is 0.247. The predicted octanol–water partition coefficient (Wildman–Crippen LogP) is 2.16. The molecule has 1 aromatic rings. The number of carbonyl (C=O) groups excluding carboxylic acids is 1. The van der Waals surface area contributed by atoms with E-state index >= 15 is 0 Å². The van der Waals surface area contributed by atoms with Gasteiger partial charge in [0.15, 0.2) is 0 Å². The fourth-order valence-corrected chi connectivity index (χ4v) is 2.18. The molecule has 0 unspecified atom stereocenters. The Morgan fingerprint density at radius 2 is 1.94 bits per heavy atom. The van der Waals surface area contributed by atoms with Crippen molar-refractivity contribution in [3.8, 4) is 0 Å². The lowest BCUT2D eigenvalue weighted by Gasteiger charge is -2.32. The van der Waals surface area contributed by atoms with Crippen LogP contribution in [-0.4, -0.2) is 34.6 Å². The van der Waals surface area contributed by atoms with Crippen molar-refractivity contribution in [2.45, 2.75) is 25.3 Å². The van der Waals surface area contributed by atoms with E-state index in [-0.39, 0.29) is 5.91 Å². The Morgan fingerprint density at radius 3 is 2.61 bits per heavy atom. The quantitative estimate of drug-likeness (QED) is 0.842. The number of nitrogens with one attached hydrogen (secondary N) is 1. The number of benzene rings is 1. The zero-order chi connectivity index (χ0) is 13.0. The molecule has 0 aliphatic carbocycles. The Hall–Kier alpha value is -2.04. The molecular weight excluding hydrogens is 232 g/mol. The summed E-state index contributed by atoms with van der Waals surface area (Å²) in [4.78, 5) is 24.4. The minimum Gasteiger partial charge on any atom is -0.465 e. The average Bonchev–Trinajstić information content (AvgIpc) is 2.40. The third kappa shape index (κ3) is 2.80. The molecule has 1 atom stereocenters. The molecule has 2 rings (SSSR count). The van der Waals surface area contributed by atoms with Gasteiger partial charge in [0.05, 0.1) is 0 Å². The summed E-state index contributed by atoms with van der Waals surface area (Å²) < 4.78 is 0. The molecule has 0 aromatic heterocycles. The van der Waals surface area contributed by atoms with Crippen LogP contribution < -0.4 is 5.32 Å². The van der Waals surface area contributed by atoms with Crippen LogP contribution in [0.4, 0.5) is 10.5 Å². The molecule has 5 nitrogen and oxygen atoms in total. The third-order valence-corrected chi connectivity index (χ3v) is 3.09. The molecule has 2 amide bonds. The van der Waals surface area contributed by atoms with Crippen molar-refractivity contribution in [2.75, 3.05) is 11.9 Å². The molecule has 0 spiro atoms. The molecule has 1 fully saturated rings. The summed E-state index contributed by atoms with van der Waals surface area (Å²) in [6.45, 7) is 0.433. The normalized spacial score (nSPS) is 19.3. The first-order chi connectivity index (χ1) is 8.68. The highest BCUT2D eigenvalue weighted by atomic mass is 16.4. The van der Waals surface area contributed by atoms with Crippen molar-refractivity contribution < 1.29 is 14.7 Å². The van der Waals surface area contributed by atoms with Crippen molar-refractivity contribution in [1.29, 1.82) is 0 Å². The zero-order valence-electron chi connectivity index (χ0n) is 10.0. The van der Waals surface area contributed by atoms with Crippen LogP contribution in [0, 0.1) is 0 Å². The largest absolute Gasteiger partial charge is 0.465 e. The first kappa shape index (κ1) is 12.4. The maximum absolute atomic E-state index is 12.1. The zero-order valence-corrected chi connectivity index (χ0v) is 10.0. The van der Waals surface area contributed by atoms with Crippen LogP contribution in [0.2, 0.25) is 0 Å². The van der Waals surface area contributed by atoms with Crippen LogP contribution in [-0.2, 0) is 4.79 Å². The summed E-state index contributed by atoms with van der Waals surface area (Å²) in [5.41, 5.74) is 0.693. The van der Waals surface area contributed by atoms with Crippen LogP contribution in [0.1, 0.15) is 19.3 Å². The number of hydrogen-bond donors (Lipinski definition) is 2. The number of amides is 2. The predicted molar refractivity (Wildman–Crippen MR) is 67.4 cm³/mol. The second-order valence-corrected chi connectivity index (χ2v) is 4.34. The molecule has 1 saturated heterocycles. The number of piperidine rings is 1. The Balaban J connectivity index is 2.05. The number of carbonyl (C=O) groups is 2.